The molecule has 1 aromatic carbocycles. The maximum atomic E-state index is 13.1. The second-order valence-electron chi connectivity index (χ2n) is 7.72. The van der Waals surface area contributed by atoms with Crippen LogP contribution in [0.5, 0.6) is 0 Å². The minimum absolute atomic E-state index is 0.221. The van der Waals surface area contributed by atoms with Crippen LogP contribution in [0, 0.1) is 0 Å². The summed E-state index contributed by atoms with van der Waals surface area (Å²) in [4.78, 5) is 14.3. The predicted molar refractivity (Wildman–Crippen MR) is 125 cm³/mol. The summed E-state index contributed by atoms with van der Waals surface area (Å²) >= 11 is 14.5. The average molecular weight is 477 g/mol. The molecular formula is C22H22Cl2N4O2S. The van der Waals surface area contributed by atoms with Crippen molar-refractivity contribution in [3.63, 3.8) is 0 Å². The van der Waals surface area contributed by atoms with Crippen molar-refractivity contribution in [2.75, 3.05) is 25.4 Å². The highest BCUT2D eigenvalue weighted by atomic mass is 35.5. The number of nitrogens with zero attached hydrogens (tertiary/aromatic N) is 3. The molecule has 0 spiro atoms. The summed E-state index contributed by atoms with van der Waals surface area (Å²) in [7, 11) is 0. The van der Waals surface area contributed by atoms with E-state index in [1.54, 1.807) is 16.8 Å². The first-order valence-corrected chi connectivity index (χ1v) is 12.1. The molecule has 1 N–H and O–H groups in total. The molecule has 0 unspecified atom stereocenters. The van der Waals surface area contributed by atoms with Gasteiger partial charge in [-0.1, -0.05) is 29.3 Å². The van der Waals surface area contributed by atoms with Gasteiger partial charge in [0.25, 0.3) is 5.91 Å². The van der Waals surface area contributed by atoms with E-state index in [0.29, 0.717) is 34.6 Å². The SMILES string of the molecule is O=C(NN1CCCC1)c1nn(-c2ccc(Cl)cc2Cl)c2c1COC/C2=C\C1=CCCS1. The van der Waals surface area contributed by atoms with Crippen molar-refractivity contribution < 1.29 is 9.53 Å². The molecule has 162 valence electrons. The number of hydrogen-bond acceptors (Lipinski definition) is 5. The van der Waals surface area contributed by atoms with E-state index < -0.39 is 0 Å². The fourth-order valence-electron chi connectivity index (χ4n) is 4.10. The number of fused-ring (bicyclic) bond motifs is 1. The van der Waals surface area contributed by atoms with Gasteiger partial charge in [0.1, 0.15) is 0 Å². The van der Waals surface area contributed by atoms with Gasteiger partial charge in [-0.2, -0.15) is 5.10 Å². The van der Waals surface area contributed by atoms with Crippen molar-refractivity contribution in [1.29, 1.82) is 0 Å². The van der Waals surface area contributed by atoms with E-state index in [-0.39, 0.29) is 5.91 Å². The Labute approximate surface area is 195 Å². The Morgan fingerprint density at radius 2 is 2.06 bits per heavy atom. The van der Waals surface area contributed by atoms with Crippen molar-refractivity contribution in [3.05, 3.63) is 62.3 Å². The van der Waals surface area contributed by atoms with Gasteiger partial charge in [0.05, 0.1) is 29.6 Å². The normalized spacial score (nSPS) is 20.2. The van der Waals surface area contributed by atoms with Gasteiger partial charge >= 0.3 is 0 Å². The largest absolute Gasteiger partial charge is 0.372 e. The molecule has 0 bridgehead atoms. The van der Waals surface area contributed by atoms with E-state index in [2.05, 4.69) is 17.6 Å². The Balaban J connectivity index is 1.62. The summed E-state index contributed by atoms with van der Waals surface area (Å²) in [6.07, 6.45) is 7.58. The Hall–Kier alpha value is -1.77. The van der Waals surface area contributed by atoms with Gasteiger partial charge in [-0.3, -0.25) is 10.2 Å². The fraction of sp³-hybridized carbons (Fsp3) is 0.364. The van der Waals surface area contributed by atoms with Gasteiger partial charge in [-0.05, 0) is 43.5 Å². The third kappa shape index (κ3) is 4.30. The lowest BCUT2D eigenvalue weighted by Gasteiger charge is -2.20. The van der Waals surface area contributed by atoms with Crippen LogP contribution >= 0.6 is 35.0 Å². The Morgan fingerprint density at radius 3 is 2.81 bits per heavy atom. The van der Waals surface area contributed by atoms with Crippen molar-refractivity contribution in [2.24, 2.45) is 0 Å². The molecule has 0 saturated carbocycles. The molecule has 4 heterocycles. The molecule has 0 atom stereocenters. The zero-order chi connectivity index (χ0) is 21.4. The van der Waals surface area contributed by atoms with Crippen molar-refractivity contribution in [1.82, 2.24) is 20.2 Å². The van der Waals surface area contributed by atoms with E-state index in [1.165, 1.54) is 4.91 Å². The van der Waals surface area contributed by atoms with Crippen LogP contribution in [0.2, 0.25) is 10.0 Å². The second kappa shape index (κ2) is 9.00. The zero-order valence-corrected chi connectivity index (χ0v) is 19.2. The number of halogens is 2. The molecule has 3 aliphatic rings. The summed E-state index contributed by atoms with van der Waals surface area (Å²) in [5.74, 6) is 0.861. The van der Waals surface area contributed by atoms with Gasteiger partial charge in [0.15, 0.2) is 5.69 Å². The number of rotatable bonds is 4. The van der Waals surface area contributed by atoms with Gasteiger partial charge in [0.2, 0.25) is 0 Å². The summed E-state index contributed by atoms with van der Waals surface area (Å²) in [5, 5.41) is 7.70. The molecule has 6 nitrogen and oxygen atoms in total. The van der Waals surface area contributed by atoms with Gasteiger partial charge in [0, 0.05) is 39.9 Å². The van der Waals surface area contributed by atoms with E-state index in [9.17, 15) is 4.79 Å². The highest BCUT2D eigenvalue weighted by molar-refractivity contribution is 8.03. The van der Waals surface area contributed by atoms with Crippen molar-refractivity contribution >= 4 is 46.4 Å². The molecule has 9 heteroatoms. The number of hydrazine groups is 1. The van der Waals surface area contributed by atoms with Gasteiger partial charge < -0.3 is 4.74 Å². The predicted octanol–water partition coefficient (Wildman–Crippen LogP) is 4.85. The summed E-state index contributed by atoms with van der Waals surface area (Å²) in [6.45, 7) is 2.48. The molecule has 3 aliphatic heterocycles. The lowest BCUT2D eigenvalue weighted by molar-refractivity contribution is 0.0813. The molecule has 1 amide bonds. The number of ether oxygens (including phenoxy) is 1. The lowest BCUT2D eigenvalue weighted by atomic mass is 10.0. The molecule has 1 saturated heterocycles. The van der Waals surface area contributed by atoms with Crippen LogP contribution in [-0.2, 0) is 11.3 Å². The van der Waals surface area contributed by atoms with Crippen molar-refractivity contribution in [3.8, 4) is 5.69 Å². The number of benzene rings is 1. The molecular weight excluding hydrogens is 455 g/mol. The number of allylic oxidation sites excluding steroid dienone is 2. The number of aromatic nitrogens is 2. The molecule has 0 radical (unpaired) electrons. The average Bonchev–Trinajstić information content (AvgIpc) is 3.49. The molecule has 1 aromatic heterocycles. The number of carbonyl (C=O) groups excluding carboxylic acids is 1. The van der Waals surface area contributed by atoms with Gasteiger partial charge in [-0.25, -0.2) is 9.69 Å². The Bertz CT molecular complexity index is 1090. The lowest BCUT2D eigenvalue weighted by Crippen LogP contribution is -2.40. The topological polar surface area (TPSA) is 59.4 Å². The number of thioether (sulfide) groups is 1. The van der Waals surface area contributed by atoms with E-state index in [0.717, 1.165) is 54.9 Å². The number of amides is 1. The van der Waals surface area contributed by atoms with Crippen LogP contribution in [0.15, 0.2) is 35.3 Å². The fourth-order valence-corrected chi connectivity index (χ4v) is 5.52. The summed E-state index contributed by atoms with van der Waals surface area (Å²) in [6, 6.07) is 5.30. The number of hydrogen-bond donors (Lipinski definition) is 1. The third-order valence-electron chi connectivity index (χ3n) is 5.56. The number of carbonyl (C=O) groups is 1. The smallest absolute Gasteiger partial charge is 0.286 e. The van der Waals surface area contributed by atoms with Crippen LogP contribution in [0.3, 0.4) is 0 Å². The zero-order valence-electron chi connectivity index (χ0n) is 16.9. The quantitative estimate of drug-likeness (QED) is 0.682. The van der Waals surface area contributed by atoms with Crippen LogP contribution in [-0.4, -0.2) is 46.1 Å². The first kappa shape index (κ1) is 21.1. The molecule has 5 rings (SSSR count). The summed E-state index contributed by atoms with van der Waals surface area (Å²) in [5.41, 5.74) is 6.69. The standard InChI is InChI=1S/C22H22Cl2N4O2S/c23-15-5-6-19(18(24)11-15)28-21-14(10-16-4-3-9-31-16)12-30-13-17(21)20(25-28)22(29)26-27-7-1-2-8-27/h4-6,10-11H,1-3,7-9,12-13H2,(H,26,29)/b14-10+. The van der Waals surface area contributed by atoms with E-state index in [4.69, 9.17) is 33.0 Å². The van der Waals surface area contributed by atoms with Crippen LogP contribution in [0.4, 0.5) is 0 Å². The minimum Gasteiger partial charge on any atom is -0.372 e. The maximum Gasteiger partial charge on any atom is 0.286 e. The van der Waals surface area contributed by atoms with Crippen LogP contribution in [0.25, 0.3) is 11.3 Å². The highest BCUT2D eigenvalue weighted by Crippen LogP contribution is 2.36. The first-order chi connectivity index (χ1) is 15.1. The first-order valence-electron chi connectivity index (χ1n) is 10.3. The highest BCUT2D eigenvalue weighted by Gasteiger charge is 2.31. The second-order valence-corrected chi connectivity index (χ2v) is 9.74. The number of nitrogens with one attached hydrogen (secondary N) is 1. The third-order valence-corrected chi connectivity index (χ3v) is 7.15. The molecule has 31 heavy (non-hydrogen) atoms. The molecule has 0 aliphatic carbocycles. The monoisotopic (exact) mass is 476 g/mol. The Kier molecular flexibility index (Phi) is 6.12. The maximum absolute atomic E-state index is 13.1. The van der Waals surface area contributed by atoms with Crippen LogP contribution < -0.4 is 5.43 Å². The Morgan fingerprint density at radius 1 is 1.23 bits per heavy atom. The van der Waals surface area contributed by atoms with E-state index >= 15 is 0 Å². The minimum atomic E-state index is -0.221. The van der Waals surface area contributed by atoms with Gasteiger partial charge in [-0.15, -0.1) is 11.8 Å². The summed E-state index contributed by atoms with van der Waals surface area (Å²) < 4.78 is 7.64. The van der Waals surface area contributed by atoms with E-state index in [1.807, 2.05) is 22.8 Å². The molecule has 1 fully saturated rings. The molecule has 2 aromatic rings. The van der Waals surface area contributed by atoms with Crippen LogP contribution in [0.1, 0.15) is 41.0 Å². The van der Waals surface area contributed by atoms with Crippen molar-refractivity contribution in [2.45, 2.75) is 25.9 Å².